The Labute approximate surface area is 151 Å². The summed E-state index contributed by atoms with van der Waals surface area (Å²) in [6.45, 7) is 8.84. The quantitative estimate of drug-likeness (QED) is 0.633. The van der Waals surface area contributed by atoms with E-state index in [9.17, 15) is 5.11 Å². The molecular formula is C20H29NO2S. The van der Waals surface area contributed by atoms with E-state index in [2.05, 4.69) is 35.7 Å². The van der Waals surface area contributed by atoms with Gasteiger partial charge in [0.25, 0.3) is 0 Å². The van der Waals surface area contributed by atoms with Gasteiger partial charge in [0, 0.05) is 30.3 Å². The first-order chi connectivity index (χ1) is 11.7. The second kappa shape index (κ2) is 8.05. The zero-order chi connectivity index (χ0) is 17.0. The Balaban J connectivity index is 1.68. The first kappa shape index (κ1) is 18.0. The molecule has 0 radical (unpaired) electrons. The number of aliphatic hydroxyl groups is 1. The van der Waals surface area contributed by atoms with Crippen molar-refractivity contribution >= 4 is 12.6 Å². The van der Waals surface area contributed by atoms with Crippen LogP contribution in [0.5, 0.6) is 0 Å². The van der Waals surface area contributed by atoms with Gasteiger partial charge in [-0.05, 0) is 36.3 Å². The highest BCUT2D eigenvalue weighted by Gasteiger charge is 2.38. The molecule has 132 valence electrons. The molecule has 3 rings (SSSR count). The smallest absolute Gasteiger partial charge is 0.0594 e. The molecule has 3 atom stereocenters. The lowest BCUT2D eigenvalue weighted by molar-refractivity contribution is 0.0342. The zero-order valence-electron chi connectivity index (χ0n) is 14.4. The van der Waals surface area contributed by atoms with Gasteiger partial charge in [0.2, 0.25) is 0 Å². The predicted octanol–water partition coefficient (Wildman–Crippen LogP) is 3.25. The fourth-order valence-corrected chi connectivity index (χ4v) is 4.34. The van der Waals surface area contributed by atoms with Crippen molar-refractivity contribution in [2.24, 2.45) is 5.41 Å². The topological polar surface area (TPSA) is 32.7 Å². The molecule has 0 aromatic heterocycles. The van der Waals surface area contributed by atoms with E-state index in [1.54, 1.807) is 0 Å². The number of rotatable bonds is 5. The van der Waals surface area contributed by atoms with E-state index in [0.717, 1.165) is 52.1 Å². The third-order valence-electron chi connectivity index (χ3n) is 5.69. The number of hydrogen-bond donors (Lipinski definition) is 2. The first-order valence-electron chi connectivity index (χ1n) is 8.97. The number of morpholine rings is 1. The summed E-state index contributed by atoms with van der Waals surface area (Å²) in [6, 6.07) is 8.99. The van der Waals surface area contributed by atoms with E-state index >= 15 is 0 Å². The molecular weight excluding hydrogens is 318 g/mol. The molecule has 1 aliphatic heterocycles. The van der Waals surface area contributed by atoms with Gasteiger partial charge in [-0.25, -0.2) is 0 Å². The van der Waals surface area contributed by atoms with E-state index in [-0.39, 0.29) is 12.0 Å². The summed E-state index contributed by atoms with van der Waals surface area (Å²) in [4.78, 5) is 2.44. The number of ether oxygens (including phenoxy) is 1. The van der Waals surface area contributed by atoms with Crippen molar-refractivity contribution in [1.82, 2.24) is 4.90 Å². The minimum absolute atomic E-state index is 0.142. The van der Waals surface area contributed by atoms with Crippen molar-refractivity contribution in [3.8, 4) is 0 Å². The Kier molecular flexibility index (Phi) is 6.03. The van der Waals surface area contributed by atoms with E-state index in [1.165, 1.54) is 11.1 Å². The van der Waals surface area contributed by atoms with Crippen LogP contribution in [0.4, 0.5) is 0 Å². The van der Waals surface area contributed by atoms with Crippen LogP contribution in [0.15, 0.2) is 36.9 Å². The fourth-order valence-electron chi connectivity index (χ4n) is 3.93. The highest BCUT2D eigenvalue weighted by molar-refractivity contribution is 7.81. The summed E-state index contributed by atoms with van der Waals surface area (Å²) in [7, 11) is 0. The van der Waals surface area contributed by atoms with Crippen LogP contribution in [0.25, 0.3) is 0 Å². The van der Waals surface area contributed by atoms with E-state index in [0.29, 0.717) is 11.2 Å². The van der Waals surface area contributed by atoms with E-state index < -0.39 is 0 Å². The molecule has 2 aliphatic rings. The maximum atomic E-state index is 9.81. The molecule has 0 spiro atoms. The zero-order valence-corrected chi connectivity index (χ0v) is 15.3. The van der Waals surface area contributed by atoms with Crippen molar-refractivity contribution in [3.63, 3.8) is 0 Å². The molecule has 1 heterocycles. The maximum Gasteiger partial charge on any atom is 0.0594 e. The van der Waals surface area contributed by atoms with Crippen molar-refractivity contribution in [1.29, 1.82) is 0 Å². The van der Waals surface area contributed by atoms with Crippen molar-refractivity contribution in [3.05, 3.63) is 48.0 Å². The van der Waals surface area contributed by atoms with Gasteiger partial charge in [0.05, 0.1) is 19.8 Å². The van der Waals surface area contributed by atoms with Crippen molar-refractivity contribution in [2.75, 3.05) is 32.9 Å². The summed E-state index contributed by atoms with van der Waals surface area (Å²) in [6.07, 6.45) is 4.89. The Morgan fingerprint density at radius 3 is 2.62 bits per heavy atom. The van der Waals surface area contributed by atoms with Crippen LogP contribution in [0, 0.1) is 5.41 Å². The lowest BCUT2D eigenvalue weighted by Gasteiger charge is -2.41. The van der Waals surface area contributed by atoms with Crippen LogP contribution in [0.1, 0.15) is 36.3 Å². The predicted molar refractivity (Wildman–Crippen MR) is 102 cm³/mol. The van der Waals surface area contributed by atoms with Crippen molar-refractivity contribution in [2.45, 2.75) is 37.0 Å². The van der Waals surface area contributed by atoms with E-state index in [4.69, 9.17) is 17.4 Å². The minimum atomic E-state index is -0.142. The first-order valence-corrected chi connectivity index (χ1v) is 9.49. The highest BCUT2D eigenvalue weighted by Crippen LogP contribution is 2.46. The molecule has 1 N–H and O–H groups in total. The highest BCUT2D eigenvalue weighted by atomic mass is 32.1. The second-order valence-corrected chi connectivity index (χ2v) is 7.93. The SMILES string of the molecule is C=C[C@]1(CO)CCC(S)[C@H](c2ccc(CN3CCOCC3)cc2)C1. The number of nitrogens with zero attached hydrogens (tertiary/aromatic N) is 1. The average Bonchev–Trinajstić information content (AvgIpc) is 2.64. The van der Waals surface area contributed by atoms with Crippen LogP contribution in [-0.2, 0) is 11.3 Å². The molecule has 1 aromatic carbocycles. The number of hydrogen-bond acceptors (Lipinski definition) is 4. The van der Waals surface area contributed by atoms with Gasteiger partial charge in [-0.3, -0.25) is 4.90 Å². The summed E-state index contributed by atoms with van der Waals surface area (Å²) < 4.78 is 5.41. The molecule has 1 aliphatic carbocycles. The largest absolute Gasteiger partial charge is 0.395 e. The third kappa shape index (κ3) is 4.05. The number of thiol groups is 1. The maximum absolute atomic E-state index is 9.81. The van der Waals surface area contributed by atoms with Crippen LogP contribution in [-0.4, -0.2) is 48.2 Å². The molecule has 3 nitrogen and oxygen atoms in total. The van der Waals surface area contributed by atoms with Gasteiger partial charge in [0.1, 0.15) is 0 Å². The summed E-state index contributed by atoms with van der Waals surface area (Å²) >= 11 is 4.82. The number of benzene rings is 1. The Bertz CT molecular complexity index is 541. The van der Waals surface area contributed by atoms with E-state index in [1.807, 2.05) is 6.08 Å². The lowest BCUT2D eigenvalue weighted by atomic mass is 9.68. The van der Waals surface area contributed by atoms with Crippen LogP contribution in [0.3, 0.4) is 0 Å². The van der Waals surface area contributed by atoms with Gasteiger partial charge >= 0.3 is 0 Å². The molecule has 4 heteroatoms. The monoisotopic (exact) mass is 347 g/mol. The Morgan fingerprint density at radius 2 is 2.00 bits per heavy atom. The molecule has 0 bridgehead atoms. The molecule has 0 amide bonds. The minimum Gasteiger partial charge on any atom is -0.395 e. The van der Waals surface area contributed by atoms with Gasteiger partial charge in [-0.1, -0.05) is 30.3 Å². The van der Waals surface area contributed by atoms with Crippen molar-refractivity contribution < 1.29 is 9.84 Å². The summed E-state index contributed by atoms with van der Waals surface area (Å²) in [5.41, 5.74) is 2.54. The standard InChI is InChI=1S/C20H29NO2S/c1-2-20(15-22)8-7-19(24)18(13-20)17-5-3-16(4-6-17)14-21-9-11-23-12-10-21/h2-6,18-19,22,24H,1,7-15H2/t18-,19?,20-/m0/s1. The molecule has 1 saturated carbocycles. The summed E-state index contributed by atoms with van der Waals surface area (Å²) in [5, 5.41) is 10.2. The average molecular weight is 348 g/mol. The van der Waals surface area contributed by atoms with Gasteiger partial charge in [0.15, 0.2) is 0 Å². The fraction of sp³-hybridized carbons (Fsp3) is 0.600. The molecule has 1 saturated heterocycles. The summed E-state index contributed by atoms with van der Waals surface area (Å²) in [5.74, 6) is 0.379. The molecule has 24 heavy (non-hydrogen) atoms. The molecule has 1 aromatic rings. The van der Waals surface area contributed by atoms with Gasteiger partial charge in [-0.2, -0.15) is 12.6 Å². The second-order valence-electron chi connectivity index (χ2n) is 7.27. The lowest BCUT2D eigenvalue weighted by Crippen LogP contribution is -2.35. The number of aliphatic hydroxyl groups excluding tert-OH is 1. The van der Waals surface area contributed by atoms with Crippen LogP contribution >= 0.6 is 12.6 Å². The Hall–Kier alpha value is -0.810. The van der Waals surface area contributed by atoms with Gasteiger partial charge < -0.3 is 9.84 Å². The molecule has 1 unspecified atom stereocenters. The van der Waals surface area contributed by atoms with Crippen LogP contribution in [0.2, 0.25) is 0 Å². The normalized spacial score (nSPS) is 31.8. The van der Waals surface area contributed by atoms with Crippen LogP contribution < -0.4 is 0 Å². The van der Waals surface area contributed by atoms with Gasteiger partial charge in [-0.15, -0.1) is 6.58 Å². The third-order valence-corrected chi connectivity index (χ3v) is 6.31. The molecule has 2 fully saturated rings. The Morgan fingerprint density at radius 1 is 1.29 bits per heavy atom.